The summed E-state index contributed by atoms with van der Waals surface area (Å²) in [5, 5.41) is 12.3. The highest BCUT2D eigenvalue weighted by atomic mass is 16.4. The van der Waals surface area contributed by atoms with Crippen LogP contribution < -0.4 is 11.1 Å². The molecule has 9 heteroatoms. The summed E-state index contributed by atoms with van der Waals surface area (Å²) in [6.07, 6.45) is 5.00. The third-order valence-electron chi connectivity index (χ3n) is 6.40. The van der Waals surface area contributed by atoms with Crippen LogP contribution in [0, 0.1) is 6.92 Å². The zero-order chi connectivity index (χ0) is 24.8. The number of benzene rings is 1. The number of piperidine rings is 1. The molecule has 1 atom stereocenters. The van der Waals surface area contributed by atoms with E-state index in [4.69, 9.17) is 15.8 Å². The lowest BCUT2D eigenvalue weighted by atomic mass is 9.90. The molecule has 2 amide bonds. The van der Waals surface area contributed by atoms with E-state index in [1.165, 1.54) is 4.90 Å². The van der Waals surface area contributed by atoms with Crippen LogP contribution in [0.5, 0.6) is 0 Å². The number of aromatic nitrogens is 3. The van der Waals surface area contributed by atoms with Crippen molar-refractivity contribution in [3.63, 3.8) is 0 Å². The lowest BCUT2D eigenvalue weighted by Crippen LogP contribution is -2.36. The number of carboxylic acid groups (broad SMARTS) is 1. The summed E-state index contributed by atoms with van der Waals surface area (Å²) < 4.78 is 0. The van der Waals surface area contributed by atoms with Gasteiger partial charge in [-0.05, 0) is 49.4 Å². The number of hydrogen-bond acceptors (Lipinski definition) is 6. The number of carbonyl (C=O) groups is 2. The maximum Gasteiger partial charge on any atom is 0.407 e. The first-order chi connectivity index (χ1) is 16.9. The Bertz CT molecular complexity index is 1160. The fourth-order valence-electron chi connectivity index (χ4n) is 4.55. The third-order valence-corrected chi connectivity index (χ3v) is 6.40. The van der Waals surface area contributed by atoms with E-state index >= 15 is 0 Å². The molecule has 3 aromatic rings. The molecule has 0 saturated carbocycles. The molecule has 2 aromatic heterocycles. The van der Waals surface area contributed by atoms with Crippen LogP contribution in [-0.2, 0) is 11.2 Å². The number of aryl methyl sites for hydroxylation is 1. The Labute approximate surface area is 204 Å². The molecule has 1 fully saturated rings. The molecular formula is C26H30N6O3. The fourth-order valence-corrected chi connectivity index (χ4v) is 4.55. The Morgan fingerprint density at radius 3 is 2.49 bits per heavy atom. The van der Waals surface area contributed by atoms with Crippen LogP contribution in [0.15, 0.2) is 54.9 Å². The highest BCUT2D eigenvalue weighted by Gasteiger charge is 2.24. The minimum absolute atomic E-state index is 0.157. The van der Waals surface area contributed by atoms with Crippen molar-refractivity contribution in [1.29, 1.82) is 0 Å². The van der Waals surface area contributed by atoms with Gasteiger partial charge in [0, 0.05) is 43.2 Å². The van der Waals surface area contributed by atoms with Crippen molar-refractivity contribution in [3.8, 4) is 0 Å². The average molecular weight is 475 g/mol. The highest BCUT2D eigenvalue weighted by molar-refractivity contribution is 5.74. The van der Waals surface area contributed by atoms with Crippen molar-refractivity contribution in [2.75, 3.05) is 18.4 Å². The number of anilines is 2. The molecule has 1 unspecified atom stereocenters. The number of nitrogens with zero attached hydrogens (tertiary/aromatic N) is 4. The summed E-state index contributed by atoms with van der Waals surface area (Å²) in [5.74, 6) is 0.148. The number of likely N-dealkylation sites (tertiary alicyclic amines) is 1. The monoisotopic (exact) mass is 474 g/mol. The molecule has 1 aromatic carbocycles. The van der Waals surface area contributed by atoms with E-state index in [9.17, 15) is 9.59 Å². The molecule has 4 rings (SSSR count). The van der Waals surface area contributed by atoms with Crippen molar-refractivity contribution in [3.05, 3.63) is 77.4 Å². The summed E-state index contributed by atoms with van der Waals surface area (Å²) in [4.78, 5) is 38.1. The van der Waals surface area contributed by atoms with Gasteiger partial charge in [0.25, 0.3) is 0 Å². The van der Waals surface area contributed by atoms with Gasteiger partial charge in [0.05, 0.1) is 17.6 Å². The number of pyridine rings is 1. The fraction of sp³-hybridized carbons (Fsp3) is 0.346. The van der Waals surface area contributed by atoms with E-state index < -0.39 is 6.09 Å². The van der Waals surface area contributed by atoms with Gasteiger partial charge in [0.15, 0.2) is 0 Å². The SMILES string of the molecule is Cc1cnc(Nc2ccc(C3CCN(C(=O)O)CC3)nc2)nc1C(CC(N)=O)Cc1ccccc1. The summed E-state index contributed by atoms with van der Waals surface area (Å²) in [6, 6.07) is 13.9. The van der Waals surface area contributed by atoms with E-state index in [-0.39, 0.29) is 24.2 Å². The first-order valence-electron chi connectivity index (χ1n) is 11.8. The largest absolute Gasteiger partial charge is 0.465 e. The Hall–Kier alpha value is -4.01. The predicted molar refractivity (Wildman–Crippen MR) is 133 cm³/mol. The normalized spacial score (nSPS) is 14.9. The molecule has 1 saturated heterocycles. The standard InChI is InChI=1S/C26H30N6O3/c1-17-15-29-25(31-24(17)20(14-23(27)33)13-18-5-3-2-4-6-18)30-21-7-8-22(28-16-21)19-9-11-32(12-10-19)26(34)35/h2-8,15-16,19-20H,9-14H2,1H3,(H2,27,33)(H,34,35)(H,29,30,31). The third kappa shape index (κ3) is 6.32. The lowest BCUT2D eigenvalue weighted by molar-refractivity contribution is -0.118. The van der Waals surface area contributed by atoms with Gasteiger partial charge in [0.1, 0.15) is 0 Å². The van der Waals surface area contributed by atoms with Crippen LogP contribution in [-0.4, -0.2) is 50.0 Å². The van der Waals surface area contributed by atoms with E-state index in [1.807, 2.05) is 49.4 Å². The van der Waals surface area contributed by atoms with Gasteiger partial charge in [-0.1, -0.05) is 30.3 Å². The summed E-state index contributed by atoms with van der Waals surface area (Å²) >= 11 is 0. The van der Waals surface area contributed by atoms with Crippen LogP contribution in [0.1, 0.15) is 53.6 Å². The van der Waals surface area contributed by atoms with E-state index in [0.29, 0.717) is 25.5 Å². The average Bonchev–Trinajstić information content (AvgIpc) is 2.86. The van der Waals surface area contributed by atoms with E-state index in [1.54, 1.807) is 12.4 Å². The van der Waals surface area contributed by atoms with E-state index in [2.05, 4.69) is 15.3 Å². The van der Waals surface area contributed by atoms with Crippen molar-refractivity contribution >= 4 is 23.6 Å². The van der Waals surface area contributed by atoms with Gasteiger partial charge >= 0.3 is 6.09 Å². The van der Waals surface area contributed by atoms with Gasteiger partial charge < -0.3 is 21.1 Å². The summed E-state index contributed by atoms with van der Waals surface area (Å²) in [5.41, 5.74) is 10.1. The zero-order valence-electron chi connectivity index (χ0n) is 19.7. The van der Waals surface area contributed by atoms with Gasteiger partial charge in [-0.15, -0.1) is 0 Å². The topological polar surface area (TPSA) is 134 Å². The van der Waals surface area contributed by atoms with Gasteiger partial charge in [-0.25, -0.2) is 14.8 Å². The maximum absolute atomic E-state index is 11.8. The molecule has 0 bridgehead atoms. The molecule has 4 N–H and O–H groups in total. The quantitative estimate of drug-likeness (QED) is 0.449. The molecule has 0 aliphatic carbocycles. The number of carbonyl (C=O) groups excluding carboxylic acids is 1. The first-order valence-corrected chi connectivity index (χ1v) is 11.8. The van der Waals surface area contributed by atoms with Gasteiger partial charge in [-0.3, -0.25) is 9.78 Å². The molecule has 1 aliphatic heterocycles. The Morgan fingerprint density at radius 2 is 1.86 bits per heavy atom. The summed E-state index contributed by atoms with van der Waals surface area (Å²) in [6.45, 7) is 2.98. The number of nitrogens with two attached hydrogens (primary N) is 1. The minimum atomic E-state index is -0.865. The molecule has 3 heterocycles. The van der Waals surface area contributed by atoms with Crippen LogP contribution in [0.2, 0.25) is 0 Å². The Morgan fingerprint density at radius 1 is 1.11 bits per heavy atom. The van der Waals surface area contributed by atoms with Gasteiger partial charge in [-0.2, -0.15) is 0 Å². The second-order valence-corrected chi connectivity index (χ2v) is 8.96. The lowest BCUT2D eigenvalue weighted by Gasteiger charge is -2.29. The first kappa shape index (κ1) is 24.1. The van der Waals surface area contributed by atoms with Crippen LogP contribution in [0.3, 0.4) is 0 Å². The molecule has 0 radical (unpaired) electrons. The van der Waals surface area contributed by atoms with Crippen LogP contribution >= 0.6 is 0 Å². The van der Waals surface area contributed by atoms with Crippen molar-refractivity contribution < 1.29 is 14.7 Å². The van der Waals surface area contributed by atoms with Crippen LogP contribution in [0.4, 0.5) is 16.4 Å². The number of hydrogen-bond donors (Lipinski definition) is 3. The molecule has 0 spiro atoms. The smallest absolute Gasteiger partial charge is 0.407 e. The predicted octanol–water partition coefficient (Wildman–Crippen LogP) is 3.98. The molecule has 9 nitrogen and oxygen atoms in total. The highest BCUT2D eigenvalue weighted by Crippen LogP contribution is 2.29. The van der Waals surface area contributed by atoms with Crippen molar-refractivity contribution in [1.82, 2.24) is 19.9 Å². The molecular weight excluding hydrogens is 444 g/mol. The molecule has 182 valence electrons. The maximum atomic E-state index is 11.8. The number of nitrogens with one attached hydrogen (secondary N) is 1. The van der Waals surface area contributed by atoms with Gasteiger partial charge in [0.2, 0.25) is 11.9 Å². The number of primary amides is 1. The van der Waals surface area contributed by atoms with E-state index in [0.717, 1.165) is 41.0 Å². The van der Waals surface area contributed by atoms with Crippen LogP contribution in [0.25, 0.3) is 0 Å². The number of rotatable bonds is 8. The van der Waals surface area contributed by atoms with Crippen molar-refractivity contribution in [2.24, 2.45) is 5.73 Å². The van der Waals surface area contributed by atoms with Crippen molar-refractivity contribution in [2.45, 2.75) is 44.4 Å². The summed E-state index contributed by atoms with van der Waals surface area (Å²) in [7, 11) is 0. The Kier molecular flexibility index (Phi) is 7.54. The molecule has 35 heavy (non-hydrogen) atoms. The Balaban J connectivity index is 1.47. The minimum Gasteiger partial charge on any atom is -0.465 e. The second-order valence-electron chi connectivity index (χ2n) is 8.96. The molecule has 1 aliphatic rings. The second kappa shape index (κ2) is 10.9. The zero-order valence-corrected chi connectivity index (χ0v) is 19.7. The number of amides is 2.